The van der Waals surface area contributed by atoms with Crippen LogP contribution in [0, 0.1) is 23.3 Å². The highest BCUT2D eigenvalue weighted by Gasteiger charge is 2.10. The summed E-state index contributed by atoms with van der Waals surface area (Å²) in [5.74, 6) is -4.50. The highest BCUT2D eigenvalue weighted by molar-refractivity contribution is 5.47. The van der Waals surface area contributed by atoms with Gasteiger partial charge in [-0.2, -0.15) is 0 Å². The van der Waals surface area contributed by atoms with Gasteiger partial charge in [0.05, 0.1) is 7.11 Å². The first-order chi connectivity index (χ1) is 9.51. The molecule has 0 saturated carbocycles. The quantitative estimate of drug-likeness (QED) is 0.680. The first kappa shape index (κ1) is 14.2. The van der Waals surface area contributed by atoms with E-state index in [-0.39, 0.29) is 17.9 Å². The molecule has 2 nitrogen and oxygen atoms in total. The number of benzene rings is 2. The van der Waals surface area contributed by atoms with Crippen molar-refractivity contribution in [2.45, 2.75) is 6.54 Å². The van der Waals surface area contributed by atoms with E-state index >= 15 is 0 Å². The minimum Gasteiger partial charge on any atom is -0.494 e. The van der Waals surface area contributed by atoms with Crippen molar-refractivity contribution >= 4 is 5.69 Å². The van der Waals surface area contributed by atoms with Crippen LogP contribution in [0.2, 0.25) is 0 Å². The van der Waals surface area contributed by atoms with Crippen LogP contribution in [-0.2, 0) is 6.54 Å². The number of ether oxygens (including phenoxy) is 1. The average molecular weight is 285 g/mol. The Kier molecular flexibility index (Phi) is 4.12. The van der Waals surface area contributed by atoms with Crippen LogP contribution in [-0.4, -0.2) is 7.11 Å². The van der Waals surface area contributed by atoms with Gasteiger partial charge in [-0.05, 0) is 29.8 Å². The molecule has 2 rings (SSSR count). The van der Waals surface area contributed by atoms with E-state index in [1.165, 1.54) is 19.2 Å². The number of anilines is 1. The van der Waals surface area contributed by atoms with Crippen LogP contribution in [0.3, 0.4) is 0 Å². The van der Waals surface area contributed by atoms with Gasteiger partial charge in [0.1, 0.15) is 0 Å². The SMILES string of the molecule is COc1ccc(NCc2cc(F)c(F)c(F)c2)cc1F. The van der Waals surface area contributed by atoms with Gasteiger partial charge in [0.15, 0.2) is 29.0 Å². The average Bonchev–Trinajstić information content (AvgIpc) is 2.42. The van der Waals surface area contributed by atoms with Crippen LogP contribution in [0.1, 0.15) is 5.56 Å². The molecule has 2 aromatic rings. The Bertz CT molecular complexity index is 608. The fraction of sp³-hybridized carbons (Fsp3) is 0.143. The summed E-state index contributed by atoms with van der Waals surface area (Å²) in [7, 11) is 1.34. The third kappa shape index (κ3) is 3.01. The third-order valence-corrected chi connectivity index (χ3v) is 2.69. The van der Waals surface area contributed by atoms with E-state index in [1.807, 2.05) is 0 Å². The number of nitrogens with one attached hydrogen (secondary N) is 1. The molecular weight excluding hydrogens is 274 g/mol. The van der Waals surface area contributed by atoms with Gasteiger partial charge in [0, 0.05) is 18.3 Å². The molecule has 2 aromatic carbocycles. The van der Waals surface area contributed by atoms with E-state index in [0.29, 0.717) is 5.69 Å². The summed E-state index contributed by atoms with van der Waals surface area (Å²) >= 11 is 0. The lowest BCUT2D eigenvalue weighted by molar-refractivity contribution is 0.386. The van der Waals surface area contributed by atoms with Gasteiger partial charge in [-0.1, -0.05) is 0 Å². The smallest absolute Gasteiger partial charge is 0.194 e. The molecule has 0 bridgehead atoms. The zero-order valence-electron chi connectivity index (χ0n) is 10.5. The van der Waals surface area contributed by atoms with Crippen LogP contribution in [0.25, 0.3) is 0 Å². The summed E-state index contributed by atoms with van der Waals surface area (Å²) in [6, 6.07) is 5.92. The Balaban J connectivity index is 2.11. The van der Waals surface area contributed by atoms with E-state index in [2.05, 4.69) is 5.32 Å². The molecule has 0 aliphatic rings. The molecule has 0 aliphatic heterocycles. The summed E-state index contributed by atoms with van der Waals surface area (Å²) in [5, 5.41) is 2.78. The lowest BCUT2D eigenvalue weighted by Crippen LogP contribution is -2.03. The van der Waals surface area contributed by atoms with Gasteiger partial charge >= 0.3 is 0 Å². The van der Waals surface area contributed by atoms with E-state index in [9.17, 15) is 17.6 Å². The van der Waals surface area contributed by atoms with Gasteiger partial charge in [-0.25, -0.2) is 17.6 Å². The van der Waals surface area contributed by atoms with Crippen LogP contribution >= 0.6 is 0 Å². The molecule has 0 spiro atoms. The van der Waals surface area contributed by atoms with E-state index in [4.69, 9.17) is 4.74 Å². The first-order valence-electron chi connectivity index (χ1n) is 5.72. The van der Waals surface area contributed by atoms with Gasteiger partial charge in [0.25, 0.3) is 0 Å². The standard InChI is InChI=1S/C14H11F4NO/c1-20-13-3-2-9(6-10(13)15)19-7-8-4-11(16)14(18)12(17)5-8/h2-6,19H,7H2,1H3. The molecular formula is C14H11F4NO. The molecule has 1 N–H and O–H groups in total. The predicted molar refractivity (Wildman–Crippen MR) is 66.6 cm³/mol. The zero-order valence-corrected chi connectivity index (χ0v) is 10.5. The van der Waals surface area contributed by atoms with Gasteiger partial charge < -0.3 is 10.1 Å². The molecule has 0 amide bonds. The number of hydrogen-bond acceptors (Lipinski definition) is 2. The van der Waals surface area contributed by atoms with Gasteiger partial charge in [-0.3, -0.25) is 0 Å². The van der Waals surface area contributed by atoms with Crippen molar-refractivity contribution in [3.63, 3.8) is 0 Å². The third-order valence-electron chi connectivity index (χ3n) is 2.69. The van der Waals surface area contributed by atoms with E-state index < -0.39 is 23.3 Å². The predicted octanol–water partition coefficient (Wildman–Crippen LogP) is 3.86. The maximum absolute atomic E-state index is 13.4. The topological polar surface area (TPSA) is 21.3 Å². The van der Waals surface area contributed by atoms with Crippen LogP contribution in [0.5, 0.6) is 5.75 Å². The molecule has 0 aliphatic carbocycles. The maximum atomic E-state index is 13.4. The van der Waals surface area contributed by atoms with Gasteiger partial charge in [-0.15, -0.1) is 0 Å². The second-order valence-electron chi connectivity index (χ2n) is 4.08. The number of hydrogen-bond donors (Lipinski definition) is 1. The Morgan fingerprint density at radius 3 is 2.15 bits per heavy atom. The van der Waals surface area contributed by atoms with Crippen molar-refractivity contribution in [2.24, 2.45) is 0 Å². The Hall–Kier alpha value is -2.24. The second-order valence-corrected chi connectivity index (χ2v) is 4.08. The molecule has 106 valence electrons. The second kappa shape index (κ2) is 5.81. The summed E-state index contributed by atoms with van der Waals surface area (Å²) in [6.45, 7) is 0.0277. The molecule has 0 unspecified atom stereocenters. The van der Waals surface area contributed by atoms with Crippen LogP contribution < -0.4 is 10.1 Å². The van der Waals surface area contributed by atoms with Crippen molar-refractivity contribution in [1.82, 2.24) is 0 Å². The fourth-order valence-corrected chi connectivity index (χ4v) is 1.69. The van der Waals surface area contributed by atoms with E-state index in [1.54, 1.807) is 6.07 Å². The lowest BCUT2D eigenvalue weighted by atomic mass is 10.2. The molecule has 0 radical (unpaired) electrons. The fourth-order valence-electron chi connectivity index (χ4n) is 1.69. The lowest BCUT2D eigenvalue weighted by Gasteiger charge is -2.09. The summed E-state index contributed by atoms with van der Waals surface area (Å²) in [5.41, 5.74) is 0.617. The Labute approximate surface area is 113 Å². The highest BCUT2D eigenvalue weighted by atomic mass is 19.2. The minimum absolute atomic E-state index is 0.0277. The maximum Gasteiger partial charge on any atom is 0.194 e. The van der Waals surface area contributed by atoms with Gasteiger partial charge in [0.2, 0.25) is 0 Å². The van der Waals surface area contributed by atoms with Crippen molar-refractivity contribution in [1.29, 1.82) is 0 Å². The monoisotopic (exact) mass is 285 g/mol. The number of rotatable bonds is 4. The summed E-state index contributed by atoms with van der Waals surface area (Å²) in [6.07, 6.45) is 0. The van der Waals surface area contributed by atoms with Crippen molar-refractivity contribution < 1.29 is 22.3 Å². The number of methoxy groups -OCH3 is 1. The summed E-state index contributed by atoms with van der Waals surface area (Å²) < 4.78 is 57.0. The van der Waals surface area contributed by atoms with Crippen molar-refractivity contribution in [2.75, 3.05) is 12.4 Å². The normalized spacial score (nSPS) is 10.4. The summed E-state index contributed by atoms with van der Waals surface area (Å²) in [4.78, 5) is 0. The molecule has 0 fully saturated rings. The highest BCUT2D eigenvalue weighted by Crippen LogP contribution is 2.21. The molecule has 6 heteroatoms. The Morgan fingerprint density at radius 2 is 1.60 bits per heavy atom. The van der Waals surface area contributed by atoms with Crippen LogP contribution in [0.4, 0.5) is 23.2 Å². The first-order valence-corrected chi connectivity index (χ1v) is 5.72. The number of halogens is 4. The largest absolute Gasteiger partial charge is 0.494 e. The minimum atomic E-state index is -1.51. The van der Waals surface area contributed by atoms with Crippen LogP contribution in [0.15, 0.2) is 30.3 Å². The van der Waals surface area contributed by atoms with Crippen molar-refractivity contribution in [3.05, 3.63) is 59.2 Å². The molecule has 0 heterocycles. The zero-order chi connectivity index (χ0) is 14.7. The molecule has 0 saturated heterocycles. The Morgan fingerprint density at radius 1 is 0.950 bits per heavy atom. The molecule has 0 aromatic heterocycles. The van der Waals surface area contributed by atoms with E-state index in [0.717, 1.165) is 12.1 Å². The molecule has 20 heavy (non-hydrogen) atoms. The molecule has 0 atom stereocenters. The van der Waals surface area contributed by atoms with Crippen molar-refractivity contribution in [3.8, 4) is 5.75 Å².